The minimum absolute atomic E-state index is 0.726. The van der Waals surface area contributed by atoms with E-state index in [4.69, 9.17) is 23.2 Å². The molecule has 1 aromatic carbocycles. The Bertz CT molecular complexity index is 522. The molecule has 0 aliphatic rings. The first kappa shape index (κ1) is 11.6. The van der Waals surface area contributed by atoms with E-state index >= 15 is 0 Å². The molecule has 0 N–H and O–H groups in total. The number of hydrogen-bond donors (Lipinski definition) is 0. The first-order valence-corrected chi connectivity index (χ1v) is 5.87. The van der Waals surface area contributed by atoms with E-state index in [9.17, 15) is 0 Å². The lowest BCUT2D eigenvalue weighted by Gasteiger charge is -2.13. The molecule has 0 spiro atoms. The van der Waals surface area contributed by atoms with Crippen LogP contribution in [0.5, 0.6) is 0 Å². The molecule has 1 nitrogen and oxygen atoms in total. The molecule has 0 radical (unpaired) electrons. The molecule has 1 aromatic heterocycles. The molecule has 16 heavy (non-hydrogen) atoms. The van der Waals surface area contributed by atoms with Crippen molar-refractivity contribution in [3.8, 4) is 5.69 Å². The van der Waals surface area contributed by atoms with E-state index in [1.165, 1.54) is 0 Å². The maximum absolute atomic E-state index is 6.26. The highest BCUT2D eigenvalue weighted by atomic mass is 35.5. The number of nitrogens with zero attached hydrogens (tertiary/aromatic N) is 1. The van der Waals surface area contributed by atoms with Crippen LogP contribution in [0, 0.1) is 20.8 Å². The average Bonchev–Trinajstić information content (AvgIpc) is 2.53. The van der Waals surface area contributed by atoms with Gasteiger partial charge in [-0.25, -0.2) is 0 Å². The Hall–Kier alpha value is -0.920. The van der Waals surface area contributed by atoms with Gasteiger partial charge in [0, 0.05) is 16.4 Å². The van der Waals surface area contributed by atoms with Crippen molar-refractivity contribution in [3.05, 3.63) is 51.3 Å². The lowest BCUT2D eigenvalue weighted by molar-refractivity contribution is 0.965. The third-order valence-corrected chi connectivity index (χ3v) is 3.45. The molecule has 0 saturated heterocycles. The summed E-state index contributed by atoms with van der Waals surface area (Å²) in [6.45, 7) is 6.06. The van der Waals surface area contributed by atoms with Gasteiger partial charge in [0.25, 0.3) is 0 Å². The van der Waals surface area contributed by atoms with Crippen LogP contribution in [-0.4, -0.2) is 4.57 Å². The highest BCUT2D eigenvalue weighted by Gasteiger charge is 2.10. The van der Waals surface area contributed by atoms with Crippen LogP contribution in [-0.2, 0) is 0 Å². The highest BCUT2D eigenvalue weighted by Crippen LogP contribution is 2.29. The summed E-state index contributed by atoms with van der Waals surface area (Å²) in [7, 11) is 0. The van der Waals surface area contributed by atoms with E-state index in [0.29, 0.717) is 0 Å². The zero-order chi connectivity index (χ0) is 11.9. The zero-order valence-corrected chi connectivity index (χ0v) is 11.0. The molecule has 3 heteroatoms. The molecule has 0 fully saturated rings. The van der Waals surface area contributed by atoms with Crippen LogP contribution in [0.1, 0.15) is 17.0 Å². The second-order valence-electron chi connectivity index (χ2n) is 4.00. The second-order valence-corrected chi connectivity index (χ2v) is 4.82. The zero-order valence-electron chi connectivity index (χ0n) is 9.51. The van der Waals surface area contributed by atoms with Gasteiger partial charge >= 0.3 is 0 Å². The van der Waals surface area contributed by atoms with Crippen LogP contribution in [0.15, 0.2) is 24.3 Å². The molecule has 0 unspecified atom stereocenters. The van der Waals surface area contributed by atoms with Gasteiger partial charge in [0.2, 0.25) is 0 Å². The first-order chi connectivity index (χ1) is 7.50. The topological polar surface area (TPSA) is 4.93 Å². The lowest BCUT2D eigenvalue weighted by atomic mass is 10.2. The lowest BCUT2D eigenvalue weighted by Crippen LogP contribution is -2.00. The molecular formula is C13H13Cl2N. The van der Waals surface area contributed by atoms with Crippen molar-refractivity contribution in [1.29, 1.82) is 0 Å². The minimum Gasteiger partial charge on any atom is -0.317 e. The predicted octanol–water partition coefficient (Wildman–Crippen LogP) is 4.71. The molecule has 0 atom stereocenters. The fourth-order valence-corrected chi connectivity index (χ4v) is 2.32. The van der Waals surface area contributed by atoms with Gasteiger partial charge in [-0.05, 0) is 50.6 Å². The van der Waals surface area contributed by atoms with Gasteiger partial charge in [-0.3, -0.25) is 0 Å². The van der Waals surface area contributed by atoms with Crippen molar-refractivity contribution in [2.45, 2.75) is 20.8 Å². The molecule has 0 saturated carbocycles. The number of aryl methyl sites for hydroxylation is 3. The molecule has 84 valence electrons. The fraction of sp³-hybridized carbons (Fsp3) is 0.231. The maximum Gasteiger partial charge on any atom is 0.0656 e. The third-order valence-electron chi connectivity index (χ3n) is 2.74. The third kappa shape index (κ3) is 1.85. The van der Waals surface area contributed by atoms with Crippen LogP contribution >= 0.6 is 23.2 Å². The highest BCUT2D eigenvalue weighted by molar-refractivity contribution is 6.35. The summed E-state index contributed by atoms with van der Waals surface area (Å²) in [5, 5.41) is 1.47. The summed E-state index contributed by atoms with van der Waals surface area (Å²) in [5.74, 6) is 0. The maximum atomic E-state index is 6.26. The van der Waals surface area contributed by atoms with E-state index in [2.05, 4.69) is 30.5 Å². The van der Waals surface area contributed by atoms with Crippen LogP contribution in [0.4, 0.5) is 0 Å². The van der Waals surface area contributed by atoms with Crippen LogP contribution in [0.3, 0.4) is 0 Å². The average molecular weight is 254 g/mol. The van der Waals surface area contributed by atoms with Gasteiger partial charge in [0.1, 0.15) is 0 Å². The smallest absolute Gasteiger partial charge is 0.0656 e. The van der Waals surface area contributed by atoms with E-state index in [1.54, 1.807) is 0 Å². The summed E-state index contributed by atoms with van der Waals surface area (Å²) in [6, 6.07) is 7.95. The van der Waals surface area contributed by atoms with Crippen molar-refractivity contribution in [3.63, 3.8) is 0 Å². The van der Waals surface area contributed by atoms with Gasteiger partial charge in [0.05, 0.1) is 10.7 Å². The summed E-state index contributed by atoms with van der Waals surface area (Å²) in [4.78, 5) is 0. The molecule has 0 aliphatic heterocycles. The van der Waals surface area contributed by atoms with Crippen molar-refractivity contribution < 1.29 is 0 Å². The van der Waals surface area contributed by atoms with E-state index < -0.39 is 0 Å². The monoisotopic (exact) mass is 253 g/mol. The summed E-state index contributed by atoms with van der Waals surface area (Å²) >= 11 is 12.4. The minimum atomic E-state index is 0.726. The van der Waals surface area contributed by atoms with Crippen molar-refractivity contribution >= 4 is 23.2 Å². The molecule has 0 amide bonds. The Morgan fingerprint density at radius 2 is 1.44 bits per heavy atom. The van der Waals surface area contributed by atoms with Gasteiger partial charge in [-0.15, -0.1) is 0 Å². The Kier molecular flexibility index (Phi) is 3.00. The standard InChI is InChI=1S/C13H13Cl2N/c1-8-6-12(15)13(7-11(8)14)16-9(2)4-5-10(16)3/h4-7H,1-3H3. The Labute approximate surface area is 106 Å². The first-order valence-electron chi connectivity index (χ1n) is 5.11. The molecular weight excluding hydrogens is 241 g/mol. The molecule has 0 bridgehead atoms. The molecule has 2 aromatic rings. The number of halogens is 2. The Morgan fingerprint density at radius 1 is 0.875 bits per heavy atom. The van der Waals surface area contributed by atoms with Crippen molar-refractivity contribution in [1.82, 2.24) is 4.57 Å². The van der Waals surface area contributed by atoms with Gasteiger partial charge in [-0.2, -0.15) is 0 Å². The Morgan fingerprint density at radius 3 is 2.00 bits per heavy atom. The van der Waals surface area contributed by atoms with Gasteiger partial charge < -0.3 is 4.57 Å². The second kappa shape index (κ2) is 4.15. The fourth-order valence-electron chi connectivity index (χ4n) is 1.86. The van der Waals surface area contributed by atoms with Crippen LogP contribution in [0.25, 0.3) is 5.69 Å². The number of aromatic nitrogens is 1. The summed E-state index contributed by atoms with van der Waals surface area (Å²) in [5.41, 5.74) is 4.24. The van der Waals surface area contributed by atoms with Gasteiger partial charge in [0.15, 0.2) is 0 Å². The molecule has 0 aliphatic carbocycles. The van der Waals surface area contributed by atoms with Gasteiger partial charge in [-0.1, -0.05) is 23.2 Å². The quantitative estimate of drug-likeness (QED) is 0.694. The number of rotatable bonds is 1. The summed E-state index contributed by atoms with van der Waals surface area (Å²) < 4.78 is 2.10. The summed E-state index contributed by atoms with van der Waals surface area (Å²) in [6.07, 6.45) is 0. The van der Waals surface area contributed by atoms with E-state index in [1.807, 2.05) is 19.1 Å². The number of benzene rings is 1. The van der Waals surface area contributed by atoms with Crippen LogP contribution in [0.2, 0.25) is 10.0 Å². The molecule has 1 heterocycles. The number of hydrogen-bond acceptors (Lipinski definition) is 0. The van der Waals surface area contributed by atoms with Crippen molar-refractivity contribution in [2.75, 3.05) is 0 Å². The Balaban J connectivity index is 2.69. The van der Waals surface area contributed by atoms with E-state index in [0.717, 1.165) is 32.7 Å². The van der Waals surface area contributed by atoms with Crippen LogP contribution < -0.4 is 0 Å². The molecule has 2 rings (SSSR count). The van der Waals surface area contributed by atoms with Crippen molar-refractivity contribution in [2.24, 2.45) is 0 Å². The normalized spacial score (nSPS) is 10.8. The van der Waals surface area contributed by atoms with E-state index in [-0.39, 0.29) is 0 Å². The largest absolute Gasteiger partial charge is 0.317 e. The SMILES string of the molecule is Cc1cc(Cl)c(-n2c(C)ccc2C)cc1Cl. The predicted molar refractivity (Wildman–Crippen MR) is 70.0 cm³/mol.